The first kappa shape index (κ1) is 27.5. The molecule has 36 heavy (non-hydrogen) atoms. The Morgan fingerprint density at radius 3 is 2.58 bits per heavy atom. The number of hydrogen-bond donors (Lipinski definition) is 5. The van der Waals surface area contributed by atoms with E-state index < -0.39 is 53.4 Å². The first-order chi connectivity index (χ1) is 17.2. The number of carbonyl (C=O) groups is 2. The quantitative estimate of drug-likeness (QED) is 0.248. The minimum absolute atomic E-state index is 0.0368. The van der Waals surface area contributed by atoms with Gasteiger partial charge in [0.2, 0.25) is 5.91 Å². The number of thioether (sulfide) groups is 1. The predicted molar refractivity (Wildman–Crippen MR) is 137 cm³/mol. The number of aldehydes is 1. The van der Waals surface area contributed by atoms with Crippen molar-refractivity contribution in [2.75, 3.05) is 19.4 Å². The summed E-state index contributed by atoms with van der Waals surface area (Å²) in [7, 11) is 0. The molecule has 5 N–H and O–H groups in total. The van der Waals surface area contributed by atoms with Crippen LogP contribution in [-0.4, -0.2) is 100 Å². The van der Waals surface area contributed by atoms with Gasteiger partial charge in [0.05, 0.1) is 24.1 Å². The van der Waals surface area contributed by atoms with Crippen LogP contribution in [0.3, 0.4) is 0 Å². The van der Waals surface area contributed by atoms with E-state index in [4.69, 9.17) is 21.1 Å². The molecule has 1 aromatic carbocycles. The van der Waals surface area contributed by atoms with E-state index in [-0.39, 0.29) is 11.8 Å². The van der Waals surface area contributed by atoms with Gasteiger partial charge in [-0.2, -0.15) is 0 Å². The van der Waals surface area contributed by atoms with Crippen molar-refractivity contribution in [3.8, 4) is 0 Å². The Morgan fingerprint density at radius 1 is 1.22 bits per heavy atom. The molecule has 3 aliphatic heterocycles. The van der Waals surface area contributed by atoms with E-state index in [0.717, 1.165) is 17.4 Å². The van der Waals surface area contributed by atoms with Crippen LogP contribution in [0.2, 0.25) is 0 Å². The van der Waals surface area contributed by atoms with Gasteiger partial charge in [-0.05, 0) is 30.7 Å². The van der Waals surface area contributed by atoms with Gasteiger partial charge in [0.1, 0.15) is 42.2 Å². The highest BCUT2D eigenvalue weighted by atomic mass is 35.5. The lowest BCUT2D eigenvalue weighted by Crippen LogP contribution is -2.65. The van der Waals surface area contributed by atoms with Gasteiger partial charge < -0.3 is 35.4 Å². The largest absolute Gasteiger partial charge is 0.388 e. The second-order valence-corrected chi connectivity index (χ2v) is 11.1. The molecule has 2 saturated heterocycles. The van der Waals surface area contributed by atoms with Crippen molar-refractivity contribution in [3.63, 3.8) is 0 Å². The van der Waals surface area contributed by atoms with E-state index in [1.165, 1.54) is 11.8 Å². The first-order valence-electron chi connectivity index (χ1n) is 12.0. The average Bonchev–Trinajstić information content (AvgIpc) is 3.16. The highest BCUT2D eigenvalue weighted by Gasteiger charge is 2.49. The van der Waals surface area contributed by atoms with E-state index in [0.29, 0.717) is 25.1 Å². The minimum atomic E-state index is -1.43. The fraction of sp³-hybridized carbons (Fsp3) is 0.600. The van der Waals surface area contributed by atoms with Crippen molar-refractivity contribution in [3.05, 3.63) is 41.5 Å². The molecule has 0 spiro atoms. The summed E-state index contributed by atoms with van der Waals surface area (Å²) in [5.41, 5.74) is 1.96. The lowest BCUT2D eigenvalue weighted by atomic mass is 9.92. The lowest BCUT2D eigenvalue weighted by Gasteiger charge is -2.44. The molecule has 0 saturated carbocycles. The van der Waals surface area contributed by atoms with E-state index >= 15 is 0 Å². The molecule has 0 aromatic heterocycles. The van der Waals surface area contributed by atoms with Gasteiger partial charge in [0, 0.05) is 18.0 Å². The van der Waals surface area contributed by atoms with E-state index in [1.54, 1.807) is 25.3 Å². The van der Waals surface area contributed by atoms with Gasteiger partial charge in [0.15, 0.2) is 0 Å². The number of ether oxygens (including phenoxy) is 2. The normalized spacial score (nSPS) is 36.2. The van der Waals surface area contributed by atoms with Gasteiger partial charge >= 0.3 is 0 Å². The van der Waals surface area contributed by atoms with Crippen molar-refractivity contribution >= 4 is 41.1 Å². The Labute approximate surface area is 219 Å². The third-order valence-electron chi connectivity index (χ3n) is 7.12. The van der Waals surface area contributed by atoms with Crippen LogP contribution in [0.25, 0.3) is 5.57 Å². The Hall–Kier alpha value is -1.50. The van der Waals surface area contributed by atoms with Crippen LogP contribution in [0.4, 0.5) is 0 Å². The first-order valence-corrected chi connectivity index (χ1v) is 13.8. The van der Waals surface area contributed by atoms with Crippen LogP contribution in [0, 0.1) is 5.92 Å². The number of carbonyl (C=O) groups excluding carboxylic acids is 2. The van der Waals surface area contributed by atoms with E-state index in [2.05, 4.69) is 16.7 Å². The molecular weight excluding hydrogens is 508 g/mol. The maximum atomic E-state index is 13.4. The third kappa shape index (κ3) is 5.66. The predicted octanol–water partition coefficient (Wildman–Crippen LogP) is 0.542. The maximum absolute atomic E-state index is 13.4. The molecule has 3 aliphatic rings. The third-order valence-corrected chi connectivity index (χ3v) is 8.24. The molecule has 3 heterocycles. The summed E-state index contributed by atoms with van der Waals surface area (Å²) in [6.45, 7) is 2.65. The molecule has 10 atom stereocenters. The Kier molecular flexibility index (Phi) is 9.11. The molecule has 0 radical (unpaired) electrons. The number of nitrogens with one attached hydrogen (secondary N) is 2. The number of aliphatic hydroxyl groups excluding tert-OH is 3. The number of fused-ring (bicyclic) bond motifs is 1. The number of alkyl halides is 1. The zero-order chi connectivity index (χ0) is 26.0. The topological polar surface area (TPSA) is 137 Å². The molecule has 11 heteroatoms. The molecule has 198 valence electrons. The number of aliphatic hydroxyl groups is 3. The van der Waals surface area contributed by atoms with E-state index in [1.807, 2.05) is 12.1 Å². The van der Waals surface area contributed by atoms with Crippen LogP contribution in [-0.2, 0) is 14.3 Å². The standard InChI is InChI=1S/C25H33ClN2O7S/c1-12(26)17(23-20(31)19(30)21(32)25(35-23)36-2)28-24(33)18-22-16(10-27-18)9-15(7-8-34-22)14-5-3-13(11-29)4-6-14/h3-6,9,11-12,16-23,25,27,30-32H,7-8,10H2,1-2H3,(H,28,33)/t12-,16-,17+,18-,19?,20?,21+,22+,23+,25?/m0/s1. The fourth-order valence-electron chi connectivity index (χ4n) is 5.10. The van der Waals surface area contributed by atoms with Crippen molar-refractivity contribution in [1.82, 2.24) is 10.6 Å². The molecule has 1 amide bonds. The maximum Gasteiger partial charge on any atom is 0.240 e. The second-order valence-electron chi connectivity index (χ2n) is 9.46. The minimum Gasteiger partial charge on any atom is -0.388 e. The van der Waals surface area contributed by atoms with Crippen molar-refractivity contribution in [2.24, 2.45) is 5.92 Å². The molecule has 0 aliphatic carbocycles. The van der Waals surface area contributed by atoms with Gasteiger partial charge in [-0.3, -0.25) is 9.59 Å². The monoisotopic (exact) mass is 540 g/mol. The van der Waals surface area contributed by atoms with Gasteiger partial charge in [-0.25, -0.2) is 0 Å². The SMILES string of the molecule is CSC1O[C@H]([C@H](NC(=O)[C@H]2NC[C@@H]3C=C(c4ccc(C=O)cc4)CCO[C@@H]23)[C@H](C)Cl)C(O)C(O)[C@H]1O. The zero-order valence-electron chi connectivity index (χ0n) is 20.1. The molecule has 4 rings (SSSR count). The van der Waals surface area contributed by atoms with Gasteiger partial charge in [-0.1, -0.05) is 30.3 Å². The highest BCUT2D eigenvalue weighted by molar-refractivity contribution is 7.99. The van der Waals surface area contributed by atoms with Crippen molar-refractivity contribution in [1.29, 1.82) is 0 Å². The number of halogens is 1. The highest BCUT2D eigenvalue weighted by Crippen LogP contribution is 2.32. The van der Waals surface area contributed by atoms with Crippen LogP contribution in [0.15, 0.2) is 30.3 Å². The molecule has 9 nitrogen and oxygen atoms in total. The Bertz CT molecular complexity index is 960. The number of rotatable bonds is 7. The fourth-order valence-corrected chi connectivity index (χ4v) is 5.98. The lowest BCUT2D eigenvalue weighted by molar-refractivity contribution is -0.205. The smallest absolute Gasteiger partial charge is 0.240 e. The summed E-state index contributed by atoms with van der Waals surface area (Å²) in [5, 5.41) is 36.6. The average molecular weight is 541 g/mol. The second kappa shape index (κ2) is 11.9. The Morgan fingerprint density at radius 2 is 1.94 bits per heavy atom. The molecule has 2 fully saturated rings. The summed E-state index contributed by atoms with van der Waals surface area (Å²) < 4.78 is 12.0. The summed E-state index contributed by atoms with van der Waals surface area (Å²) in [6.07, 6.45) is -0.185. The number of benzene rings is 1. The van der Waals surface area contributed by atoms with Gasteiger partial charge in [-0.15, -0.1) is 23.4 Å². The van der Waals surface area contributed by atoms with E-state index in [9.17, 15) is 24.9 Å². The van der Waals surface area contributed by atoms with Crippen molar-refractivity contribution in [2.45, 2.75) is 66.8 Å². The molecule has 1 aromatic rings. The van der Waals surface area contributed by atoms with Gasteiger partial charge in [0.25, 0.3) is 0 Å². The summed E-state index contributed by atoms with van der Waals surface area (Å²) in [5.74, 6) is -0.380. The Balaban J connectivity index is 1.47. The number of hydrogen-bond acceptors (Lipinski definition) is 9. The van der Waals surface area contributed by atoms with Crippen LogP contribution >= 0.6 is 23.4 Å². The summed E-state index contributed by atoms with van der Waals surface area (Å²) >= 11 is 7.60. The molecular formula is C25H33ClN2O7S. The number of amides is 1. The summed E-state index contributed by atoms with van der Waals surface area (Å²) in [6, 6.07) is 5.92. The summed E-state index contributed by atoms with van der Waals surface area (Å²) in [4.78, 5) is 24.3. The van der Waals surface area contributed by atoms with Crippen LogP contribution in [0.1, 0.15) is 29.3 Å². The molecule has 3 unspecified atom stereocenters. The molecule has 0 bridgehead atoms. The van der Waals surface area contributed by atoms with Crippen LogP contribution < -0.4 is 10.6 Å². The van der Waals surface area contributed by atoms with Crippen LogP contribution in [0.5, 0.6) is 0 Å². The zero-order valence-corrected chi connectivity index (χ0v) is 21.7. The van der Waals surface area contributed by atoms with Crippen molar-refractivity contribution < 1.29 is 34.4 Å².